The number of hydrogen-bond donors (Lipinski definition) is 1. The van der Waals surface area contributed by atoms with Gasteiger partial charge in [-0.3, -0.25) is 0 Å². The molecule has 1 aromatic heterocycles. The average molecular weight is 272 g/mol. The van der Waals surface area contributed by atoms with Crippen LogP contribution in [0, 0.1) is 18.3 Å². The lowest BCUT2D eigenvalue weighted by atomic mass is 10.0. The molecular weight excluding hydrogens is 256 g/mol. The quantitative estimate of drug-likeness (QED) is 0.846. The lowest BCUT2D eigenvalue weighted by Gasteiger charge is -2.06. The van der Waals surface area contributed by atoms with Crippen LogP contribution in [0.3, 0.4) is 0 Å². The number of nitriles is 1. The summed E-state index contributed by atoms with van der Waals surface area (Å²) in [7, 11) is 1.63. The van der Waals surface area contributed by atoms with Gasteiger partial charge in [0.1, 0.15) is 29.7 Å². The molecule has 104 valence electrons. The van der Waals surface area contributed by atoms with Crippen molar-refractivity contribution in [2.45, 2.75) is 6.92 Å². The first-order chi connectivity index (χ1) is 9.67. The van der Waals surface area contributed by atoms with E-state index in [0.29, 0.717) is 24.5 Å². The fourth-order valence-electron chi connectivity index (χ4n) is 1.99. The highest BCUT2D eigenvalue weighted by Gasteiger charge is 2.17. The van der Waals surface area contributed by atoms with Gasteiger partial charge in [0, 0.05) is 12.7 Å². The molecule has 5 nitrogen and oxygen atoms in total. The van der Waals surface area contributed by atoms with Crippen molar-refractivity contribution in [1.29, 1.82) is 5.26 Å². The number of nitrogens with two attached hydrogens (primary N) is 1. The minimum Gasteiger partial charge on any atom is -0.491 e. The van der Waals surface area contributed by atoms with Crippen LogP contribution in [0.25, 0.3) is 11.1 Å². The van der Waals surface area contributed by atoms with Crippen LogP contribution in [-0.4, -0.2) is 20.3 Å². The van der Waals surface area contributed by atoms with E-state index in [2.05, 4.69) is 6.07 Å². The van der Waals surface area contributed by atoms with Crippen LogP contribution >= 0.6 is 0 Å². The summed E-state index contributed by atoms with van der Waals surface area (Å²) in [6, 6.07) is 9.51. The number of nitrogens with zero attached hydrogens (tertiary/aromatic N) is 1. The van der Waals surface area contributed by atoms with E-state index in [0.717, 1.165) is 16.9 Å². The first-order valence-corrected chi connectivity index (χ1v) is 6.18. The molecule has 2 N–H and O–H groups in total. The number of furan rings is 1. The number of anilines is 1. The molecule has 0 unspecified atom stereocenters. The van der Waals surface area contributed by atoms with Crippen molar-refractivity contribution >= 4 is 5.88 Å². The Morgan fingerprint density at radius 1 is 1.25 bits per heavy atom. The lowest BCUT2D eigenvalue weighted by Crippen LogP contribution is -2.03. The smallest absolute Gasteiger partial charge is 0.209 e. The Labute approximate surface area is 117 Å². The monoisotopic (exact) mass is 272 g/mol. The summed E-state index contributed by atoms with van der Waals surface area (Å²) < 4.78 is 15.7. The number of hydrogen-bond acceptors (Lipinski definition) is 5. The van der Waals surface area contributed by atoms with E-state index in [4.69, 9.17) is 24.9 Å². The molecule has 0 atom stereocenters. The predicted octanol–water partition coefficient (Wildman–Crippen LogP) is 2.73. The van der Waals surface area contributed by atoms with Gasteiger partial charge < -0.3 is 19.6 Å². The summed E-state index contributed by atoms with van der Waals surface area (Å²) in [6.45, 7) is 2.82. The molecule has 0 fully saturated rings. The first-order valence-electron chi connectivity index (χ1n) is 6.18. The van der Waals surface area contributed by atoms with E-state index >= 15 is 0 Å². The van der Waals surface area contributed by atoms with Crippen molar-refractivity contribution in [1.82, 2.24) is 0 Å². The Kier molecular flexibility index (Phi) is 4.28. The molecule has 0 amide bonds. The van der Waals surface area contributed by atoms with Crippen LogP contribution in [-0.2, 0) is 4.74 Å². The van der Waals surface area contributed by atoms with E-state index in [1.165, 1.54) is 0 Å². The second-order valence-electron chi connectivity index (χ2n) is 4.25. The van der Waals surface area contributed by atoms with E-state index in [1.54, 1.807) is 14.0 Å². The van der Waals surface area contributed by atoms with E-state index in [1.807, 2.05) is 24.3 Å². The summed E-state index contributed by atoms with van der Waals surface area (Å²) in [4.78, 5) is 0. The number of aryl methyl sites for hydroxylation is 1. The van der Waals surface area contributed by atoms with Crippen molar-refractivity contribution in [3.8, 4) is 22.9 Å². The molecule has 1 heterocycles. The van der Waals surface area contributed by atoms with E-state index < -0.39 is 0 Å². The molecule has 0 aliphatic carbocycles. The van der Waals surface area contributed by atoms with Gasteiger partial charge in [0.2, 0.25) is 5.88 Å². The summed E-state index contributed by atoms with van der Waals surface area (Å²) in [5.41, 5.74) is 7.65. The number of benzene rings is 1. The minimum absolute atomic E-state index is 0.153. The Balaban J connectivity index is 2.25. The minimum atomic E-state index is 0.153. The molecule has 5 heteroatoms. The first kappa shape index (κ1) is 14.0. The molecule has 0 saturated heterocycles. The van der Waals surface area contributed by atoms with Crippen molar-refractivity contribution < 1.29 is 13.9 Å². The van der Waals surface area contributed by atoms with Crippen LogP contribution in [0.15, 0.2) is 28.7 Å². The third-order valence-corrected chi connectivity index (χ3v) is 2.92. The Hall–Kier alpha value is -2.45. The lowest BCUT2D eigenvalue weighted by molar-refractivity contribution is 0.146. The zero-order valence-corrected chi connectivity index (χ0v) is 11.5. The van der Waals surface area contributed by atoms with Gasteiger partial charge >= 0.3 is 0 Å². The van der Waals surface area contributed by atoms with Crippen molar-refractivity contribution in [2.75, 3.05) is 26.1 Å². The summed E-state index contributed by atoms with van der Waals surface area (Å²) in [6.07, 6.45) is 0. The van der Waals surface area contributed by atoms with Gasteiger partial charge in [-0.1, -0.05) is 12.1 Å². The normalized spacial score (nSPS) is 10.2. The number of rotatable bonds is 5. The zero-order valence-electron chi connectivity index (χ0n) is 11.5. The number of ether oxygens (including phenoxy) is 2. The maximum Gasteiger partial charge on any atom is 0.209 e. The van der Waals surface area contributed by atoms with E-state index in [-0.39, 0.29) is 5.88 Å². The zero-order chi connectivity index (χ0) is 14.5. The Morgan fingerprint density at radius 2 is 1.95 bits per heavy atom. The van der Waals surface area contributed by atoms with E-state index in [9.17, 15) is 0 Å². The SMILES string of the molecule is COCCOc1ccc(-c2c(C)oc(N)c2C#N)cc1. The third-order valence-electron chi connectivity index (χ3n) is 2.92. The molecule has 20 heavy (non-hydrogen) atoms. The maximum absolute atomic E-state index is 9.14. The van der Waals surface area contributed by atoms with Crippen LogP contribution in [0.5, 0.6) is 5.75 Å². The molecule has 0 aliphatic heterocycles. The highest BCUT2D eigenvalue weighted by atomic mass is 16.5. The summed E-state index contributed by atoms with van der Waals surface area (Å²) in [5.74, 6) is 1.53. The molecule has 1 aromatic carbocycles. The molecule has 0 saturated carbocycles. The van der Waals surface area contributed by atoms with Gasteiger partial charge in [-0.25, -0.2) is 0 Å². The highest BCUT2D eigenvalue weighted by molar-refractivity contribution is 5.77. The summed E-state index contributed by atoms with van der Waals surface area (Å²) >= 11 is 0. The second kappa shape index (κ2) is 6.13. The van der Waals surface area contributed by atoms with Gasteiger partial charge in [0.25, 0.3) is 0 Å². The third kappa shape index (κ3) is 2.76. The molecule has 2 rings (SSSR count). The van der Waals surface area contributed by atoms with Gasteiger partial charge in [-0.2, -0.15) is 5.26 Å². The van der Waals surface area contributed by atoms with Gasteiger partial charge in [0.15, 0.2) is 0 Å². The second-order valence-corrected chi connectivity index (χ2v) is 4.25. The predicted molar refractivity (Wildman–Crippen MR) is 75.4 cm³/mol. The number of methoxy groups -OCH3 is 1. The highest BCUT2D eigenvalue weighted by Crippen LogP contribution is 2.34. The maximum atomic E-state index is 9.14. The largest absolute Gasteiger partial charge is 0.491 e. The summed E-state index contributed by atoms with van der Waals surface area (Å²) in [5, 5.41) is 9.14. The molecule has 2 aromatic rings. The molecule has 0 aliphatic rings. The topological polar surface area (TPSA) is 81.4 Å². The van der Waals surface area contributed by atoms with Gasteiger partial charge in [-0.15, -0.1) is 0 Å². The molecule has 0 bridgehead atoms. The molecule has 0 spiro atoms. The van der Waals surface area contributed by atoms with Crippen LogP contribution in [0.4, 0.5) is 5.88 Å². The Morgan fingerprint density at radius 3 is 2.55 bits per heavy atom. The van der Waals surface area contributed by atoms with Gasteiger partial charge in [-0.05, 0) is 24.6 Å². The fraction of sp³-hybridized carbons (Fsp3) is 0.267. The Bertz CT molecular complexity index is 624. The van der Waals surface area contributed by atoms with Crippen LogP contribution in [0.1, 0.15) is 11.3 Å². The average Bonchev–Trinajstić information content (AvgIpc) is 2.74. The van der Waals surface area contributed by atoms with Crippen LogP contribution < -0.4 is 10.5 Å². The standard InChI is InChI=1S/C15H16N2O3/c1-10-14(13(9-16)15(17)20-10)11-3-5-12(6-4-11)19-8-7-18-2/h3-6H,7-8,17H2,1-2H3. The molecule has 0 radical (unpaired) electrons. The number of nitrogen functional groups attached to an aromatic ring is 1. The molecular formula is C15H16N2O3. The van der Waals surface area contributed by atoms with Crippen molar-refractivity contribution in [3.05, 3.63) is 35.6 Å². The van der Waals surface area contributed by atoms with Crippen molar-refractivity contribution in [2.24, 2.45) is 0 Å². The fourth-order valence-corrected chi connectivity index (χ4v) is 1.99. The van der Waals surface area contributed by atoms with Gasteiger partial charge in [0.05, 0.1) is 6.61 Å². The van der Waals surface area contributed by atoms with Crippen molar-refractivity contribution in [3.63, 3.8) is 0 Å². The van der Waals surface area contributed by atoms with Crippen LogP contribution in [0.2, 0.25) is 0 Å².